The van der Waals surface area contributed by atoms with E-state index in [1.165, 1.54) is 0 Å². The van der Waals surface area contributed by atoms with E-state index in [0.717, 1.165) is 0 Å². The van der Waals surface area contributed by atoms with Gasteiger partial charge in [-0.1, -0.05) is 18.2 Å². The number of aliphatic hydroxyl groups is 1. The summed E-state index contributed by atoms with van der Waals surface area (Å²) in [5.74, 6) is -0.341. The Kier molecular flexibility index (Phi) is 4.13. The lowest BCUT2D eigenvalue weighted by atomic mass is 10.2. The predicted molar refractivity (Wildman–Crippen MR) is 53.0 cm³/mol. The number of carbonyl (C=O) groups excluding carboxylic acids is 1. The Bertz CT molecular complexity index is 282. The van der Waals surface area contributed by atoms with Crippen LogP contribution in [-0.4, -0.2) is 23.8 Å². The zero-order valence-electron chi connectivity index (χ0n) is 8.14. The molecule has 0 spiro atoms. The van der Waals surface area contributed by atoms with Gasteiger partial charge in [-0.3, -0.25) is 0 Å². The molecule has 3 nitrogen and oxygen atoms in total. The lowest BCUT2D eigenvalue weighted by Gasteiger charge is -2.11. The van der Waals surface area contributed by atoms with Gasteiger partial charge in [0.15, 0.2) is 0 Å². The van der Waals surface area contributed by atoms with Crippen LogP contribution >= 0.6 is 0 Å². The van der Waals surface area contributed by atoms with E-state index in [2.05, 4.69) is 0 Å². The molecule has 1 atom stereocenters. The van der Waals surface area contributed by atoms with E-state index in [1.807, 2.05) is 6.07 Å². The van der Waals surface area contributed by atoms with E-state index in [1.54, 1.807) is 31.2 Å². The highest BCUT2D eigenvalue weighted by atomic mass is 16.5. The summed E-state index contributed by atoms with van der Waals surface area (Å²) in [4.78, 5) is 11.4. The number of benzene rings is 1. The fraction of sp³-hybridized carbons (Fsp3) is 0.364. The number of rotatable bonds is 4. The third-order valence-corrected chi connectivity index (χ3v) is 1.85. The molecule has 0 aliphatic heterocycles. The molecular formula is C11H14O3. The van der Waals surface area contributed by atoms with Crippen LogP contribution in [0.4, 0.5) is 0 Å². The Morgan fingerprint density at radius 2 is 2.07 bits per heavy atom. The van der Waals surface area contributed by atoms with Gasteiger partial charge in [-0.25, -0.2) is 4.79 Å². The van der Waals surface area contributed by atoms with Crippen molar-refractivity contribution in [2.75, 3.05) is 6.61 Å². The van der Waals surface area contributed by atoms with Gasteiger partial charge in [-0.05, 0) is 19.1 Å². The molecule has 0 aliphatic rings. The molecule has 0 radical (unpaired) electrons. The summed E-state index contributed by atoms with van der Waals surface area (Å²) in [6, 6.07) is 8.82. The molecule has 0 bridgehead atoms. The highest BCUT2D eigenvalue weighted by Gasteiger charge is 2.10. The summed E-state index contributed by atoms with van der Waals surface area (Å²) in [5.41, 5.74) is 0.539. The van der Waals surface area contributed by atoms with Crippen LogP contribution in [0, 0.1) is 0 Å². The fourth-order valence-electron chi connectivity index (χ4n) is 1.07. The minimum Gasteiger partial charge on any atom is -0.459 e. The average molecular weight is 194 g/mol. The van der Waals surface area contributed by atoms with E-state index < -0.39 is 0 Å². The van der Waals surface area contributed by atoms with Crippen molar-refractivity contribution < 1.29 is 14.6 Å². The zero-order valence-corrected chi connectivity index (χ0v) is 8.14. The number of ether oxygens (including phenoxy) is 1. The smallest absolute Gasteiger partial charge is 0.338 e. The summed E-state index contributed by atoms with van der Waals surface area (Å²) < 4.78 is 5.08. The largest absolute Gasteiger partial charge is 0.459 e. The van der Waals surface area contributed by atoms with Crippen LogP contribution in [0.5, 0.6) is 0 Å². The Morgan fingerprint density at radius 1 is 1.43 bits per heavy atom. The van der Waals surface area contributed by atoms with Crippen LogP contribution in [0.15, 0.2) is 30.3 Å². The molecule has 1 rings (SSSR count). The van der Waals surface area contributed by atoms with Crippen molar-refractivity contribution >= 4 is 5.97 Å². The summed E-state index contributed by atoms with van der Waals surface area (Å²) >= 11 is 0. The summed E-state index contributed by atoms with van der Waals surface area (Å²) in [7, 11) is 0. The molecule has 0 heterocycles. The van der Waals surface area contributed by atoms with Gasteiger partial charge in [0.25, 0.3) is 0 Å². The fourth-order valence-corrected chi connectivity index (χ4v) is 1.07. The van der Waals surface area contributed by atoms with Crippen LogP contribution in [0.2, 0.25) is 0 Å². The first-order valence-electron chi connectivity index (χ1n) is 4.61. The lowest BCUT2D eigenvalue weighted by Crippen LogP contribution is -2.16. The second-order valence-corrected chi connectivity index (χ2v) is 3.09. The Hall–Kier alpha value is -1.35. The zero-order chi connectivity index (χ0) is 10.4. The van der Waals surface area contributed by atoms with Gasteiger partial charge in [0, 0.05) is 13.0 Å². The van der Waals surface area contributed by atoms with E-state index in [4.69, 9.17) is 9.84 Å². The first-order chi connectivity index (χ1) is 6.74. The van der Waals surface area contributed by atoms with Crippen LogP contribution in [-0.2, 0) is 4.74 Å². The molecule has 0 fully saturated rings. The molecule has 0 saturated heterocycles. The third-order valence-electron chi connectivity index (χ3n) is 1.85. The van der Waals surface area contributed by atoms with Crippen molar-refractivity contribution in [1.82, 2.24) is 0 Å². The molecular weight excluding hydrogens is 180 g/mol. The van der Waals surface area contributed by atoms with Gasteiger partial charge in [-0.15, -0.1) is 0 Å². The van der Waals surface area contributed by atoms with Crippen molar-refractivity contribution in [3.8, 4) is 0 Å². The topological polar surface area (TPSA) is 46.5 Å². The number of hydrogen-bond acceptors (Lipinski definition) is 3. The van der Waals surface area contributed by atoms with E-state index >= 15 is 0 Å². The first kappa shape index (κ1) is 10.7. The van der Waals surface area contributed by atoms with Gasteiger partial charge < -0.3 is 9.84 Å². The second-order valence-electron chi connectivity index (χ2n) is 3.09. The number of esters is 1. The molecule has 1 N–H and O–H groups in total. The SMILES string of the molecule is C[C@H](CCO)OC(=O)c1ccccc1. The Balaban J connectivity index is 2.51. The molecule has 0 amide bonds. The van der Waals surface area contributed by atoms with Gasteiger partial charge in [0.05, 0.1) is 5.56 Å². The number of carbonyl (C=O) groups is 1. The molecule has 0 aliphatic carbocycles. The van der Waals surface area contributed by atoms with Crippen LogP contribution < -0.4 is 0 Å². The Morgan fingerprint density at radius 3 is 2.64 bits per heavy atom. The molecule has 1 aromatic carbocycles. The second kappa shape index (κ2) is 5.40. The highest BCUT2D eigenvalue weighted by Crippen LogP contribution is 2.05. The van der Waals surface area contributed by atoms with Crippen molar-refractivity contribution in [3.05, 3.63) is 35.9 Å². The standard InChI is InChI=1S/C11H14O3/c1-9(7-8-12)14-11(13)10-5-3-2-4-6-10/h2-6,9,12H,7-8H2,1H3/t9-/m1/s1. The van der Waals surface area contributed by atoms with Crippen molar-refractivity contribution in [2.24, 2.45) is 0 Å². The summed E-state index contributed by atoms with van der Waals surface area (Å²) in [5, 5.41) is 8.63. The third kappa shape index (κ3) is 3.18. The normalized spacial score (nSPS) is 12.1. The maximum atomic E-state index is 11.4. The monoisotopic (exact) mass is 194 g/mol. The average Bonchev–Trinajstić information content (AvgIpc) is 2.19. The van der Waals surface area contributed by atoms with Crippen molar-refractivity contribution in [2.45, 2.75) is 19.4 Å². The summed E-state index contributed by atoms with van der Waals surface area (Å²) in [6.07, 6.45) is 0.228. The van der Waals surface area contributed by atoms with Gasteiger partial charge in [0.1, 0.15) is 6.10 Å². The molecule has 0 aromatic heterocycles. The van der Waals surface area contributed by atoms with Crippen molar-refractivity contribution in [3.63, 3.8) is 0 Å². The molecule has 1 aromatic rings. The summed E-state index contributed by atoms with van der Waals surface area (Å²) in [6.45, 7) is 1.79. The minimum atomic E-state index is -0.341. The van der Waals surface area contributed by atoms with Crippen LogP contribution in [0.25, 0.3) is 0 Å². The maximum absolute atomic E-state index is 11.4. The van der Waals surface area contributed by atoms with Crippen molar-refractivity contribution in [1.29, 1.82) is 0 Å². The first-order valence-corrected chi connectivity index (χ1v) is 4.61. The predicted octanol–water partition coefficient (Wildman–Crippen LogP) is 1.61. The quantitative estimate of drug-likeness (QED) is 0.741. The van der Waals surface area contributed by atoms with Crippen LogP contribution in [0.1, 0.15) is 23.7 Å². The van der Waals surface area contributed by atoms with Crippen LogP contribution in [0.3, 0.4) is 0 Å². The number of hydrogen-bond donors (Lipinski definition) is 1. The molecule has 3 heteroatoms. The van der Waals surface area contributed by atoms with Gasteiger partial charge in [0.2, 0.25) is 0 Å². The van der Waals surface area contributed by atoms with E-state index in [-0.39, 0.29) is 18.7 Å². The molecule has 76 valence electrons. The Labute approximate surface area is 83.3 Å². The van der Waals surface area contributed by atoms with E-state index in [0.29, 0.717) is 12.0 Å². The highest BCUT2D eigenvalue weighted by molar-refractivity contribution is 5.89. The molecule has 0 saturated carbocycles. The maximum Gasteiger partial charge on any atom is 0.338 e. The lowest BCUT2D eigenvalue weighted by molar-refractivity contribution is 0.0289. The van der Waals surface area contributed by atoms with Gasteiger partial charge >= 0.3 is 5.97 Å². The van der Waals surface area contributed by atoms with Gasteiger partial charge in [-0.2, -0.15) is 0 Å². The molecule has 0 unspecified atom stereocenters. The van der Waals surface area contributed by atoms with E-state index in [9.17, 15) is 4.79 Å². The number of aliphatic hydroxyl groups excluding tert-OH is 1. The molecule has 14 heavy (non-hydrogen) atoms. The minimum absolute atomic E-state index is 0.0310.